The van der Waals surface area contributed by atoms with Gasteiger partial charge in [-0.2, -0.15) is 0 Å². The molecule has 3 aromatic rings. The maximum absolute atomic E-state index is 5.28. The largest absolute Gasteiger partial charge is 0.383 e. The highest BCUT2D eigenvalue weighted by atomic mass is 16.5. The predicted octanol–water partition coefficient (Wildman–Crippen LogP) is 4.22. The quantitative estimate of drug-likeness (QED) is 0.738. The molecule has 4 nitrogen and oxygen atoms in total. The molecule has 0 saturated heterocycles. The molecule has 0 spiro atoms. The number of ether oxygens (including phenoxy) is 1. The van der Waals surface area contributed by atoms with E-state index in [1.807, 2.05) is 6.20 Å². The average molecular weight is 323 g/mol. The van der Waals surface area contributed by atoms with Crippen LogP contribution in [0.4, 0.5) is 5.82 Å². The Balaban J connectivity index is 1.95. The first-order valence-electron chi connectivity index (χ1n) is 8.34. The number of methoxy groups -OCH3 is 1. The van der Waals surface area contributed by atoms with Crippen LogP contribution >= 0.6 is 0 Å². The minimum absolute atomic E-state index is 0.691. The van der Waals surface area contributed by atoms with Gasteiger partial charge in [0.2, 0.25) is 0 Å². The standard InChI is InChI=1S/C20H25N3O/c1-14-5-7-17(8-6-14)13-22-20-19-18(9-10-21-20)15(2)16(3)23(19)11-12-24-4/h5-10H,11-13H2,1-4H3,(H,21,22). The molecule has 4 heteroatoms. The van der Waals surface area contributed by atoms with Crippen LogP contribution in [0.1, 0.15) is 22.4 Å². The Morgan fingerprint density at radius 2 is 1.83 bits per heavy atom. The molecule has 0 atom stereocenters. The Kier molecular flexibility index (Phi) is 4.86. The van der Waals surface area contributed by atoms with Crippen molar-refractivity contribution in [1.29, 1.82) is 0 Å². The summed E-state index contributed by atoms with van der Waals surface area (Å²) in [7, 11) is 1.74. The molecule has 2 heterocycles. The van der Waals surface area contributed by atoms with E-state index in [9.17, 15) is 0 Å². The van der Waals surface area contributed by atoms with E-state index in [1.165, 1.54) is 27.8 Å². The van der Waals surface area contributed by atoms with Gasteiger partial charge < -0.3 is 14.6 Å². The van der Waals surface area contributed by atoms with Gasteiger partial charge in [0.25, 0.3) is 0 Å². The maximum Gasteiger partial charge on any atom is 0.150 e. The second-order valence-corrected chi connectivity index (χ2v) is 6.25. The topological polar surface area (TPSA) is 39.1 Å². The van der Waals surface area contributed by atoms with E-state index in [0.29, 0.717) is 6.61 Å². The van der Waals surface area contributed by atoms with Crippen molar-refractivity contribution in [2.45, 2.75) is 33.9 Å². The monoisotopic (exact) mass is 323 g/mol. The van der Waals surface area contributed by atoms with Crippen LogP contribution < -0.4 is 5.32 Å². The van der Waals surface area contributed by atoms with Crippen LogP contribution in [0.2, 0.25) is 0 Å². The van der Waals surface area contributed by atoms with Crippen molar-refractivity contribution in [3.8, 4) is 0 Å². The fourth-order valence-electron chi connectivity index (χ4n) is 3.08. The average Bonchev–Trinajstić information content (AvgIpc) is 2.84. The zero-order valence-electron chi connectivity index (χ0n) is 14.9. The lowest BCUT2D eigenvalue weighted by Crippen LogP contribution is -2.09. The number of aromatic nitrogens is 2. The molecule has 1 N–H and O–H groups in total. The van der Waals surface area contributed by atoms with Gasteiger partial charge in [0, 0.05) is 37.5 Å². The Hall–Kier alpha value is -2.33. The summed E-state index contributed by atoms with van der Waals surface area (Å²) in [4.78, 5) is 4.59. The number of benzene rings is 1. The van der Waals surface area contributed by atoms with Crippen molar-refractivity contribution in [1.82, 2.24) is 9.55 Å². The van der Waals surface area contributed by atoms with Gasteiger partial charge in [-0.25, -0.2) is 4.98 Å². The highest BCUT2D eigenvalue weighted by Gasteiger charge is 2.14. The van der Waals surface area contributed by atoms with Crippen LogP contribution in [0.3, 0.4) is 0 Å². The first-order chi connectivity index (χ1) is 11.6. The van der Waals surface area contributed by atoms with E-state index < -0.39 is 0 Å². The van der Waals surface area contributed by atoms with Gasteiger partial charge in [-0.1, -0.05) is 29.8 Å². The number of hydrogen-bond acceptors (Lipinski definition) is 3. The molecule has 0 fully saturated rings. The van der Waals surface area contributed by atoms with Gasteiger partial charge in [-0.05, 0) is 38.0 Å². The lowest BCUT2D eigenvalue weighted by molar-refractivity contribution is 0.188. The van der Waals surface area contributed by atoms with Crippen LogP contribution in [0.25, 0.3) is 10.9 Å². The zero-order chi connectivity index (χ0) is 17.1. The normalized spacial score (nSPS) is 11.2. The Morgan fingerprint density at radius 3 is 2.54 bits per heavy atom. The Labute approximate surface area is 143 Å². The van der Waals surface area contributed by atoms with Crippen LogP contribution in [-0.2, 0) is 17.8 Å². The molecule has 24 heavy (non-hydrogen) atoms. The van der Waals surface area contributed by atoms with E-state index in [2.05, 4.69) is 66.0 Å². The first kappa shape index (κ1) is 16.5. The van der Waals surface area contributed by atoms with Crippen molar-refractivity contribution in [2.75, 3.05) is 19.0 Å². The van der Waals surface area contributed by atoms with Gasteiger partial charge in [0.15, 0.2) is 5.82 Å². The second-order valence-electron chi connectivity index (χ2n) is 6.25. The number of fused-ring (bicyclic) bond motifs is 1. The third kappa shape index (κ3) is 3.15. The van der Waals surface area contributed by atoms with Crippen molar-refractivity contribution < 1.29 is 4.74 Å². The fourth-order valence-corrected chi connectivity index (χ4v) is 3.08. The number of anilines is 1. The molecular formula is C20H25N3O. The van der Waals surface area contributed by atoms with E-state index in [1.54, 1.807) is 7.11 Å². The first-order valence-corrected chi connectivity index (χ1v) is 8.34. The van der Waals surface area contributed by atoms with Crippen LogP contribution in [0.15, 0.2) is 36.5 Å². The number of hydrogen-bond donors (Lipinski definition) is 1. The number of nitrogens with zero attached hydrogens (tertiary/aromatic N) is 2. The summed E-state index contributed by atoms with van der Waals surface area (Å²) in [6, 6.07) is 10.7. The van der Waals surface area contributed by atoms with Gasteiger partial charge in [-0.15, -0.1) is 0 Å². The zero-order valence-corrected chi connectivity index (χ0v) is 14.9. The summed E-state index contributed by atoms with van der Waals surface area (Å²) >= 11 is 0. The molecular weight excluding hydrogens is 298 g/mol. The molecule has 0 unspecified atom stereocenters. The van der Waals surface area contributed by atoms with E-state index in [-0.39, 0.29) is 0 Å². The van der Waals surface area contributed by atoms with Crippen LogP contribution in [0.5, 0.6) is 0 Å². The fraction of sp³-hybridized carbons (Fsp3) is 0.350. The molecule has 0 radical (unpaired) electrons. The molecule has 126 valence electrons. The summed E-state index contributed by atoms with van der Waals surface area (Å²) in [5.74, 6) is 0.931. The maximum atomic E-state index is 5.28. The third-order valence-electron chi connectivity index (χ3n) is 4.65. The van der Waals surface area contributed by atoms with Crippen molar-refractivity contribution in [2.24, 2.45) is 0 Å². The molecule has 0 aliphatic rings. The van der Waals surface area contributed by atoms with Crippen molar-refractivity contribution in [3.63, 3.8) is 0 Å². The minimum Gasteiger partial charge on any atom is -0.383 e. The molecule has 0 aliphatic heterocycles. The van der Waals surface area contributed by atoms with Crippen LogP contribution in [-0.4, -0.2) is 23.3 Å². The summed E-state index contributed by atoms with van der Waals surface area (Å²) in [6.45, 7) is 8.72. The van der Waals surface area contributed by atoms with Gasteiger partial charge >= 0.3 is 0 Å². The number of aryl methyl sites for hydroxylation is 2. The lowest BCUT2D eigenvalue weighted by atomic mass is 10.1. The van der Waals surface area contributed by atoms with Gasteiger partial charge in [-0.3, -0.25) is 0 Å². The number of rotatable bonds is 6. The summed E-state index contributed by atoms with van der Waals surface area (Å²) < 4.78 is 7.58. The molecule has 0 bridgehead atoms. The van der Waals surface area contributed by atoms with Crippen molar-refractivity contribution >= 4 is 16.7 Å². The summed E-state index contributed by atoms with van der Waals surface area (Å²) in [5, 5.41) is 4.76. The summed E-state index contributed by atoms with van der Waals surface area (Å²) in [5.41, 5.74) is 6.27. The lowest BCUT2D eigenvalue weighted by Gasteiger charge is -2.12. The molecule has 0 amide bonds. The predicted molar refractivity (Wildman–Crippen MR) is 99.6 cm³/mol. The third-order valence-corrected chi connectivity index (χ3v) is 4.65. The van der Waals surface area contributed by atoms with E-state index >= 15 is 0 Å². The molecule has 2 aromatic heterocycles. The second kappa shape index (κ2) is 7.05. The Bertz CT molecular complexity index is 834. The highest BCUT2D eigenvalue weighted by Crippen LogP contribution is 2.29. The SMILES string of the molecule is COCCn1c(C)c(C)c2ccnc(NCc3ccc(C)cc3)c21. The molecule has 3 rings (SSSR count). The van der Waals surface area contributed by atoms with Crippen molar-refractivity contribution in [3.05, 3.63) is 58.9 Å². The van der Waals surface area contributed by atoms with Gasteiger partial charge in [0.05, 0.1) is 12.1 Å². The minimum atomic E-state index is 0.691. The number of nitrogens with one attached hydrogen (secondary N) is 1. The van der Waals surface area contributed by atoms with E-state index in [0.717, 1.165) is 24.4 Å². The molecule has 0 aliphatic carbocycles. The van der Waals surface area contributed by atoms with Crippen LogP contribution in [0, 0.1) is 20.8 Å². The molecule has 0 saturated carbocycles. The number of pyridine rings is 1. The Morgan fingerprint density at radius 1 is 1.08 bits per heavy atom. The smallest absolute Gasteiger partial charge is 0.150 e. The highest BCUT2D eigenvalue weighted by molar-refractivity contribution is 5.93. The molecule has 1 aromatic carbocycles. The van der Waals surface area contributed by atoms with E-state index in [4.69, 9.17) is 4.74 Å². The summed E-state index contributed by atoms with van der Waals surface area (Å²) in [6.07, 6.45) is 1.88. The van der Waals surface area contributed by atoms with Gasteiger partial charge in [0.1, 0.15) is 0 Å².